The van der Waals surface area contributed by atoms with Crippen LogP contribution in [-0.2, 0) is 0 Å². The molecular formula is C19H22N4O2. The molecule has 6 nitrogen and oxygen atoms in total. The molecule has 130 valence electrons. The van der Waals surface area contributed by atoms with E-state index in [1.165, 1.54) is 12.8 Å². The molecule has 25 heavy (non-hydrogen) atoms. The quantitative estimate of drug-likeness (QED) is 0.856. The van der Waals surface area contributed by atoms with Crippen LogP contribution in [-0.4, -0.2) is 54.3 Å². The number of aromatic nitrogens is 2. The van der Waals surface area contributed by atoms with Gasteiger partial charge >= 0.3 is 0 Å². The molecule has 2 heterocycles. The lowest BCUT2D eigenvalue weighted by Gasteiger charge is -2.35. The van der Waals surface area contributed by atoms with Gasteiger partial charge in [-0.05, 0) is 43.2 Å². The molecule has 2 aliphatic rings. The van der Waals surface area contributed by atoms with Crippen LogP contribution >= 0.6 is 0 Å². The van der Waals surface area contributed by atoms with Crippen molar-refractivity contribution in [2.24, 2.45) is 0 Å². The van der Waals surface area contributed by atoms with Crippen molar-refractivity contribution in [3.63, 3.8) is 0 Å². The Morgan fingerprint density at radius 2 is 1.88 bits per heavy atom. The van der Waals surface area contributed by atoms with Crippen LogP contribution in [0.3, 0.4) is 0 Å². The predicted molar refractivity (Wildman–Crippen MR) is 95.1 cm³/mol. The number of benzene rings is 1. The van der Waals surface area contributed by atoms with Gasteiger partial charge in [-0.2, -0.15) is 5.10 Å². The third-order valence-electron chi connectivity index (χ3n) is 4.87. The molecule has 0 spiro atoms. The van der Waals surface area contributed by atoms with Crippen LogP contribution < -0.4 is 9.64 Å². The number of piperazine rings is 1. The highest BCUT2D eigenvalue weighted by Crippen LogP contribution is 2.38. The summed E-state index contributed by atoms with van der Waals surface area (Å²) in [5, 5.41) is 8.72. The number of amides is 1. The number of carbonyl (C=O) groups excluding carboxylic acids is 1. The predicted octanol–water partition coefficient (Wildman–Crippen LogP) is 2.33. The van der Waals surface area contributed by atoms with Crippen molar-refractivity contribution in [3.8, 4) is 5.75 Å². The molecule has 0 radical (unpaired) electrons. The molecule has 1 saturated carbocycles. The van der Waals surface area contributed by atoms with Gasteiger partial charge in [-0.15, -0.1) is 5.10 Å². The average Bonchev–Trinajstić information content (AvgIpc) is 3.53. The van der Waals surface area contributed by atoms with Gasteiger partial charge in [0.25, 0.3) is 5.91 Å². The van der Waals surface area contributed by atoms with Crippen molar-refractivity contribution in [2.45, 2.75) is 18.8 Å². The summed E-state index contributed by atoms with van der Waals surface area (Å²) in [5.41, 5.74) is 1.77. The highest BCUT2D eigenvalue weighted by molar-refractivity contribution is 5.94. The Morgan fingerprint density at radius 3 is 2.52 bits per heavy atom. The third kappa shape index (κ3) is 3.43. The lowest BCUT2D eigenvalue weighted by molar-refractivity contribution is 0.0746. The summed E-state index contributed by atoms with van der Waals surface area (Å²) >= 11 is 0. The van der Waals surface area contributed by atoms with Crippen molar-refractivity contribution < 1.29 is 9.53 Å². The lowest BCUT2D eigenvalue weighted by atomic mass is 10.1. The maximum atomic E-state index is 12.7. The van der Waals surface area contributed by atoms with Gasteiger partial charge in [0.1, 0.15) is 5.75 Å². The number of carbonyl (C=O) groups is 1. The van der Waals surface area contributed by atoms with Crippen LogP contribution in [0.4, 0.5) is 5.82 Å². The van der Waals surface area contributed by atoms with Crippen LogP contribution in [0.15, 0.2) is 36.4 Å². The third-order valence-corrected chi connectivity index (χ3v) is 4.87. The molecule has 0 atom stereocenters. The van der Waals surface area contributed by atoms with E-state index >= 15 is 0 Å². The normalized spacial score (nSPS) is 17.5. The van der Waals surface area contributed by atoms with Crippen molar-refractivity contribution in [1.82, 2.24) is 15.1 Å². The van der Waals surface area contributed by atoms with Gasteiger partial charge in [0.15, 0.2) is 5.82 Å². The largest absolute Gasteiger partial charge is 0.497 e. The molecule has 1 aliphatic heterocycles. The van der Waals surface area contributed by atoms with Gasteiger partial charge in [-0.25, -0.2) is 0 Å². The Labute approximate surface area is 147 Å². The van der Waals surface area contributed by atoms with E-state index in [1.807, 2.05) is 23.1 Å². The molecule has 2 aromatic rings. The van der Waals surface area contributed by atoms with Gasteiger partial charge in [0.05, 0.1) is 12.8 Å². The zero-order valence-electron chi connectivity index (χ0n) is 14.4. The van der Waals surface area contributed by atoms with Crippen LogP contribution in [0.5, 0.6) is 5.75 Å². The zero-order chi connectivity index (χ0) is 17.2. The number of methoxy groups -OCH3 is 1. The molecule has 0 bridgehead atoms. The number of hydrogen-bond donors (Lipinski definition) is 0. The second-order valence-electron chi connectivity index (χ2n) is 6.60. The smallest absolute Gasteiger partial charge is 0.254 e. The molecule has 1 aromatic heterocycles. The minimum atomic E-state index is 0.0497. The summed E-state index contributed by atoms with van der Waals surface area (Å²) in [4.78, 5) is 16.7. The fraction of sp³-hybridized carbons (Fsp3) is 0.421. The van der Waals surface area contributed by atoms with E-state index < -0.39 is 0 Å². The number of anilines is 1. The summed E-state index contributed by atoms with van der Waals surface area (Å²) in [6.07, 6.45) is 2.47. The molecule has 2 fully saturated rings. The molecule has 6 heteroatoms. The molecule has 4 rings (SSSR count). The minimum absolute atomic E-state index is 0.0497. The first-order chi connectivity index (χ1) is 12.2. The average molecular weight is 338 g/mol. The molecular weight excluding hydrogens is 316 g/mol. The Hall–Kier alpha value is -2.63. The number of rotatable bonds is 4. The van der Waals surface area contributed by atoms with E-state index in [-0.39, 0.29) is 5.91 Å². The van der Waals surface area contributed by atoms with E-state index in [0.717, 1.165) is 24.6 Å². The van der Waals surface area contributed by atoms with Gasteiger partial charge in [0.2, 0.25) is 0 Å². The standard InChI is InChI=1S/C19H22N4O2/c1-25-16-4-2-3-15(13-16)19(24)23-11-9-22(10-12-23)18-8-7-17(20-21-18)14-5-6-14/h2-4,7-8,13-14H,5-6,9-12H2,1H3. The lowest BCUT2D eigenvalue weighted by Crippen LogP contribution is -2.49. The molecule has 1 aliphatic carbocycles. The van der Waals surface area contributed by atoms with Gasteiger partial charge in [-0.3, -0.25) is 4.79 Å². The van der Waals surface area contributed by atoms with Crippen LogP contribution in [0.25, 0.3) is 0 Å². The van der Waals surface area contributed by atoms with Crippen LogP contribution in [0, 0.1) is 0 Å². The molecule has 0 unspecified atom stereocenters. The second kappa shape index (κ2) is 6.70. The van der Waals surface area contributed by atoms with E-state index in [1.54, 1.807) is 13.2 Å². The first kappa shape index (κ1) is 15.9. The first-order valence-electron chi connectivity index (χ1n) is 8.76. The molecule has 0 N–H and O–H groups in total. The van der Waals surface area contributed by atoms with Crippen molar-refractivity contribution >= 4 is 11.7 Å². The van der Waals surface area contributed by atoms with Crippen molar-refractivity contribution in [2.75, 3.05) is 38.2 Å². The van der Waals surface area contributed by atoms with Gasteiger partial charge < -0.3 is 14.5 Å². The molecule has 1 amide bonds. The summed E-state index contributed by atoms with van der Waals surface area (Å²) in [6, 6.07) is 11.5. The summed E-state index contributed by atoms with van der Waals surface area (Å²) in [6.45, 7) is 2.91. The summed E-state index contributed by atoms with van der Waals surface area (Å²) < 4.78 is 5.20. The first-order valence-corrected chi connectivity index (χ1v) is 8.76. The topological polar surface area (TPSA) is 58.6 Å². The van der Waals surface area contributed by atoms with Crippen LogP contribution in [0.2, 0.25) is 0 Å². The molecule has 1 aromatic carbocycles. The summed E-state index contributed by atoms with van der Waals surface area (Å²) in [7, 11) is 1.61. The maximum Gasteiger partial charge on any atom is 0.254 e. The van der Waals surface area contributed by atoms with E-state index in [0.29, 0.717) is 30.3 Å². The highest BCUT2D eigenvalue weighted by Gasteiger charge is 2.26. The fourth-order valence-corrected chi connectivity index (χ4v) is 3.18. The van der Waals surface area contributed by atoms with Gasteiger partial charge in [-0.1, -0.05) is 6.07 Å². The Bertz CT molecular complexity index is 750. The van der Waals surface area contributed by atoms with E-state index in [4.69, 9.17) is 4.74 Å². The zero-order valence-corrected chi connectivity index (χ0v) is 14.4. The Morgan fingerprint density at radius 1 is 1.08 bits per heavy atom. The Kier molecular flexibility index (Phi) is 4.26. The monoisotopic (exact) mass is 338 g/mol. The summed E-state index contributed by atoms with van der Waals surface area (Å²) in [5.74, 6) is 2.28. The second-order valence-corrected chi connectivity index (χ2v) is 6.60. The van der Waals surface area contributed by atoms with Crippen molar-refractivity contribution in [1.29, 1.82) is 0 Å². The number of nitrogens with zero attached hydrogens (tertiary/aromatic N) is 4. The van der Waals surface area contributed by atoms with Crippen LogP contribution in [0.1, 0.15) is 34.8 Å². The molecule has 1 saturated heterocycles. The van der Waals surface area contributed by atoms with Gasteiger partial charge in [0, 0.05) is 37.7 Å². The maximum absolute atomic E-state index is 12.7. The Balaban J connectivity index is 1.37. The number of ether oxygens (including phenoxy) is 1. The minimum Gasteiger partial charge on any atom is -0.497 e. The fourth-order valence-electron chi connectivity index (χ4n) is 3.18. The SMILES string of the molecule is COc1cccc(C(=O)N2CCN(c3ccc(C4CC4)nn3)CC2)c1. The van der Waals surface area contributed by atoms with E-state index in [2.05, 4.69) is 27.2 Å². The van der Waals surface area contributed by atoms with Crippen molar-refractivity contribution in [3.05, 3.63) is 47.7 Å². The van der Waals surface area contributed by atoms with E-state index in [9.17, 15) is 4.79 Å². The highest BCUT2D eigenvalue weighted by atomic mass is 16.5. The number of hydrogen-bond acceptors (Lipinski definition) is 5.